The Bertz CT molecular complexity index is 435. The highest BCUT2D eigenvalue weighted by atomic mass is 16.5. The summed E-state index contributed by atoms with van der Waals surface area (Å²) < 4.78 is 16.9. The zero-order chi connectivity index (χ0) is 13.9. The lowest BCUT2D eigenvalue weighted by atomic mass is 9.98. The lowest BCUT2D eigenvalue weighted by Crippen LogP contribution is -2.48. The molecule has 19 heavy (non-hydrogen) atoms. The van der Waals surface area contributed by atoms with E-state index in [9.17, 15) is 0 Å². The molecule has 0 spiro atoms. The van der Waals surface area contributed by atoms with Crippen LogP contribution in [0.15, 0.2) is 18.2 Å². The SMILES string of the molecule is CCC1(C)CNCC(c2ccc(OC)cc2OC)O1. The first-order chi connectivity index (χ1) is 9.11. The van der Waals surface area contributed by atoms with E-state index in [4.69, 9.17) is 14.2 Å². The predicted molar refractivity (Wildman–Crippen MR) is 74.9 cm³/mol. The zero-order valence-electron chi connectivity index (χ0n) is 12.2. The second-order valence-electron chi connectivity index (χ2n) is 5.15. The molecule has 0 radical (unpaired) electrons. The van der Waals surface area contributed by atoms with Crippen LogP contribution >= 0.6 is 0 Å². The van der Waals surface area contributed by atoms with E-state index in [1.54, 1.807) is 14.2 Å². The number of nitrogens with one attached hydrogen (secondary N) is 1. The van der Waals surface area contributed by atoms with E-state index < -0.39 is 0 Å². The van der Waals surface area contributed by atoms with Gasteiger partial charge in [-0.15, -0.1) is 0 Å². The minimum atomic E-state index is -0.117. The minimum Gasteiger partial charge on any atom is -0.497 e. The lowest BCUT2D eigenvalue weighted by Gasteiger charge is -2.39. The molecular weight excluding hydrogens is 242 g/mol. The van der Waals surface area contributed by atoms with Gasteiger partial charge in [-0.25, -0.2) is 0 Å². The Balaban J connectivity index is 2.25. The summed E-state index contributed by atoms with van der Waals surface area (Å²) in [6.45, 7) is 5.98. The Hall–Kier alpha value is -1.26. The van der Waals surface area contributed by atoms with E-state index in [-0.39, 0.29) is 11.7 Å². The minimum absolute atomic E-state index is 0.0135. The topological polar surface area (TPSA) is 39.7 Å². The molecule has 2 unspecified atom stereocenters. The highest BCUT2D eigenvalue weighted by Gasteiger charge is 2.33. The van der Waals surface area contributed by atoms with Crippen molar-refractivity contribution in [1.29, 1.82) is 0 Å². The molecule has 106 valence electrons. The second kappa shape index (κ2) is 5.80. The third kappa shape index (κ3) is 3.01. The maximum Gasteiger partial charge on any atom is 0.128 e. The fourth-order valence-corrected chi connectivity index (χ4v) is 2.36. The normalized spacial score (nSPS) is 27.1. The number of methoxy groups -OCH3 is 2. The van der Waals surface area contributed by atoms with Crippen LogP contribution in [0, 0.1) is 0 Å². The fraction of sp³-hybridized carbons (Fsp3) is 0.600. The number of benzene rings is 1. The van der Waals surface area contributed by atoms with Gasteiger partial charge in [0.15, 0.2) is 0 Å². The van der Waals surface area contributed by atoms with Gasteiger partial charge in [0, 0.05) is 24.7 Å². The largest absolute Gasteiger partial charge is 0.497 e. The molecule has 0 amide bonds. The Morgan fingerprint density at radius 1 is 1.37 bits per heavy atom. The van der Waals surface area contributed by atoms with Gasteiger partial charge in [-0.05, 0) is 25.5 Å². The average Bonchev–Trinajstić information content (AvgIpc) is 2.46. The van der Waals surface area contributed by atoms with Gasteiger partial charge in [-0.3, -0.25) is 0 Å². The average molecular weight is 265 g/mol. The number of rotatable bonds is 4. The molecule has 1 heterocycles. The lowest BCUT2D eigenvalue weighted by molar-refractivity contribution is -0.109. The Kier molecular flexibility index (Phi) is 4.32. The van der Waals surface area contributed by atoms with Crippen LogP contribution in [0.25, 0.3) is 0 Å². The third-order valence-electron chi connectivity index (χ3n) is 3.79. The molecule has 2 rings (SSSR count). The van der Waals surface area contributed by atoms with Crippen molar-refractivity contribution in [2.45, 2.75) is 32.0 Å². The summed E-state index contributed by atoms with van der Waals surface area (Å²) in [5.74, 6) is 1.61. The molecule has 0 saturated carbocycles. The number of morpholine rings is 1. The standard InChI is InChI=1S/C15H23NO3/c1-5-15(2)10-16-9-14(19-15)12-7-6-11(17-3)8-13(12)18-4/h6-8,14,16H,5,9-10H2,1-4H3. The van der Waals surface area contributed by atoms with Gasteiger partial charge in [-0.1, -0.05) is 6.92 Å². The Labute approximate surface area is 115 Å². The molecule has 1 saturated heterocycles. The van der Waals surface area contributed by atoms with Crippen molar-refractivity contribution in [2.75, 3.05) is 27.3 Å². The maximum absolute atomic E-state index is 6.24. The molecule has 4 heteroatoms. The van der Waals surface area contributed by atoms with Gasteiger partial charge in [0.05, 0.1) is 25.9 Å². The van der Waals surface area contributed by atoms with Gasteiger partial charge < -0.3 is 19.5 Å². The van der Waals surface area contributed by atoms with E-state index in [0.717, 1.165) is 36.6 Å². The summed E-state index contributed by atoms with van der Waals surface area (Å²) in [7, 11) is 3.33. The third-order valence-corrected chi connectivity index (χ3v) is 3.79. The van der Waals surface area contributed by atoms with Crippen molar-refractivity contribution >= 4 is 0 Å². The van der Waals surface area contributed by atoms with Gasteiger partial charge in [0.1, 0.15) is 11.5 Å². The smallest absolute Gasteiger partial charge is 0.128 e. The van der Waals surface area contributed by atoms with Crippen LogP contribution in [0.1, 0.15) is 31.9 Å². The second-order valence-corrected chi connectivity index (χ2v) is 5.15. The van der Waals surface area contributed by atoms with E-state index in [0.29, 0.717) is 0 Å². The molecule has 1 aromatic rings. The van der Waals surface area contributed by atoms with E-state index in [1.807, 2.05) is 18.2 Å². The van der Waals surface area contributed by atoms with Gasteiger partial charge in [0.2, 0.25) is 0 Å². The highest BCUT2D eigenvalue weighted by Crippen LogP contribution is 2.35. The molecule has 1 aliphatic rings. The molecule has 1 aliphatic heterocycles. The molecular formula is C15H23NO3. The first kappa shape index (κ1) is 14.2. The molecule has 0 bridgehead atoms. The number of ether oxygens (including phenoxy) is 3. The highest BCUT2D eigenvalue weighted by molar-refractivity contribution is 5.42. The number of hydrogen-bond donors (Lipinski definition) is 1. The van der Waals surface area contributed by atoms with Crippen molar-refractivity contribution < 1.29 is 14.2 Å². The molecule has 4 nitrogen and oxygen atoms in total. The van der Waals surface area contributed by atoms with Crippen molar-refractivity contribution in [3.63, 3.8) is 0 Å². The maximum atomic E-state index is 6.24. The first-order valence-electron chi connectivity index (χ1n) is 6.72. The summed E-state index contributed by atoms with van der Waals surface area (Å²) in [5.41, 5.74) is 0.948. The molecule has 1 N–H and O–H groups in total. The Morgan fingerprint density at radius 3 is 2.79 bits per heavy atom. The van der Waals surface area contributed by atoms with Crippen LogP contribution in [0.5, 0.6) is 11.5 Å². The van der Waals surface area contributed by atoms with E-state index in [1.165, 1.54) is 0 Å². The van der Waals surface area contributed by atoms with Crippen LogP contribution in [-0.2, 0) is 4.74 Å². The molecule has 2 atom stereocenters. The van der Waals surface area contributed by atoms with E-state index >= 15 is 0 Å². The first-order valence-corrected chi connectivity index (χ1v) is 6.72. The summed E-state index contributed by atoms with van der Waals surface area (Å²) in [6, 6.07) is 5.86. The van der Waals surface area contributed by atoms with Crippen LogP contribution in [0.2, 0.25) is 0 Å². The van der Waals surface area contributed by atoms with Crippen LogP contribution in [0.4, 0.5) is 0 Å². The Morgan fingerprint density at radius 2 is 2.16 bits per heavy atom. The van der Waals surface area contributed by atoms with Crippen LogP contribution in [0.3, 0.4) is 0 Å². The zero-order valence-corrected chi connectivity index (χ0v) is 12.2. The van der Waals surface area contributed by atoms with Gasteiger partial charge in [-0.2, -0.15) is 0 Å². The fourth-order valence-electron chi connectivity index (χ4n) is 2.36. The summed E-state index contributed by atoms with van der Waals surface area (Å²) in [6.07, 6.45) is 0.995. The van der Waals surface area contributed by atoms with Crippen LogP contribution < -0.4 is 14.8 Å². The summed E-state index contributed by atoms with van der Waals surface area (Å²) >= 11 is 0. The quantitative estimate of drug-likeness (QED) is 0.908. The molecule has 1 fully saturated rings. The molecule has 0 aromatic heterocycles. The molecule has 0 aliphatic carbocycles. The van der Waals surface area contributed by atoms with Gasteiger partial charge >= 0.3 is 0 Å². The van der Waals surface area contributed by atoms with Crippen molar-refractivity contribution in [3.05, 3.63) is 23.8 Å². The number of hydrogen-bond acceptors (Lipinski definition) is 4. The summed E-state index contributed by atoms with van der Waals surface area (Å²) in [5, 5.41) is 3.44. The van der Waals surface area contributed by atoms with Gasteiger partial charge in [0.25, 0.3) is 0 Å². The van der Waals surface area contributed by atoms with Crippen LogP contribution in [-0.4, -0.2) is 32.9 Å². The monoisotopic (exact) mass is 265 g/mol. The predicted octanol–water partition coefficient (Wildman–Crippen LogP) is 2.53. The van der Waals surface area contributed by atoms with Crippen molar-refractivity contribution in [3.8, 4) is 11.5 Å². The van der Waals surface area contributed by atoms with Crippen molar-refractivity contribution in [2.24, 2.45) is 0 Å². The van der Waals surface area contributed by atoms with Crippen molar-refractivity contribution in [1.82, 2.24) is 5.32 Å². The summed E-state index contributed by atoms with van der Waals surface area (Å²) in [4.78, 5) is 0. The molecule has 1 aromatic carbocycles. The van der Waals surface area contributed by atoms with E-state index in [2.05, 4.69) is 19.2 Å².